The Morgan fingerprint density at radius 1 is 1.15 bits per heavy atom. The Hall–Kier alpha value is -1.10. The number of hydrogen-bond acceptors (Lipinski definition) is 3. The maximum Gasteiger partial charge on any atom is 0.133 e. The summed E-state index contributed by atoms with van der Waals surface area (Å²) in [4.78, 5) is 0. The van der Waals surface area contributed by atoms with Crippen molar-refractivity contribution in [3.8, 4) is 0 Å². The molecule has 1 N–H and O–H groups in total. The van der Waals surface area contributed by atoms with E-state index in [1.165, 1.54) is 18.4 Å². The molecule has 3 rings (SSSR count). The van der Waals surface area contributed by atoms with Crippen molar-refractivity contribution in [3.63, 3.8) is 0 Å². The molecule has 1 aliphatic carbocycles. The molecule has 0 bridgehead atoms. The zero-order valence-electron chi connectivity index (χ0n) is 11.3. The summed E-state index contributed by atoms with van der Waals surface area (Å²) in [5.74, 6) is 0.921. The lowest BCUT2D eigenvalue weighted by Gasteiger charge is -2.07. The molecular formula is C16H18BrNO2. The number of furan rings is 1. The number of ether oxygens (including phenoxy) is 1. The van der Waals surface area contributed by atoms with Gasteiger partial charge in [-0.15, -0.1) is 0 Å². The van der Waals surface area contributed by atoms with Crippen LogP contribution in [0.15, 0.2) is 45.5 Å². The van der Waals surface area contributed by atoms with Crippen molar-refractivity contribution >= 4 is 15.9 Å². The van der Waals surface area contributed by atoms with E-state index in [4.69, 9.17) is 9.15 Å². The molecular weight excluding hydrogens is 318 g/mol. The second kappa shape index (κ2) is 6.57. The third-order valence-corrected chi connectivity index (χ3v) is 4.22. The van der Waals surface area contributed by atoms with Gasteiger partial charge in [0.15, 0.2) is 0 Å². The van der Waals surface area contributed by atoms with Crippen molar-refractivity contribution in [1.29, 1.82) is 0 Å². The van der Waals surface area contributed by atoms with E-state index in [1.54, 1.807) is 6.26 Å². The van der Waals surface area contributed by atoms with Crippen LogP contribution < -0.4 is 5.32 Å². The van der Waals surface area contributed by atoms with E-state index in [-0.39, 0.29) is 0 Å². The van der Waals surface area contributed by atoms with Crippen molar-refractivity contribution in [1.82, 2.24) is 5.32 Å². The number of benzene rings is 1. The molecule has 1 aliphatic rings. The Labute approximate surface area is 127 Å². The first-order valence-electron chi connectivity index (χ1n) is 6.92. The highest BCUT2D eigenvalue weighted by Gasteiger charge is 2.20. The van der Waals surface area contributed by atoms with Crippen molar-refractivity contribution < 1.29 is 9.15 Å². The van der Waals surface area contributed by atoms with E-state index < -0.39 is 0 Å². The first-order valence-corrected chi connectivity index (χ1v) is 7.72. The predicted octanol–water partition coefficient (Wildman–Crippen LogP) is 4.01. The first-order chi connectivity index (χ1) is 9.83. The van der Waals surface area contributed by atoms with Crippen molar-refractivity contribution in [3.05, 3.63) is 58.0 Å². The van der Waals surface area contributed by atoms with Crippen LogP contribution in [-0.4, -0.2) is 6.04 Å². The highest BCUT2D eigenvalue weighted by atomic mass is 79.9. The fourth-order valence-corrected chi connectivity index (χ4v) is 2.46. The van der Waals surface area contributed by atoms with E-state index in [0.717, 1.165) is 22.3 Å². The Morgan fingerprint density at radius 3 is 2.80 bits per heavy atom. The third kappa shape index (κ3) is 3.72. The topological polar surface area (TPSA) is 34.4 Å². The van der Waals surface area contributed by atoms with Crippen LogP contribution in [0.3, 0.4) is 0 Å². The first kappa shape index (κ1) is 13.9. The maximum atomic E-state index is 5.76. The van der Waals surface area contributed by atoms with Crippen LogP contribution in [0.2, 0.25) is 0 Å². The lowest BCUT2D eigenvalue weighted by molar-refractivity contribution is 0.0917. The van der Waals surface area contributed by atoms with Gasteiger partial charge in [0.05, 0.1) is 12.9 Å². The minimum atomic E-state index is 0.510. The molecule has 1 heterocycles. The third-order valence-electron chi connectivity index (χ3n) is 3.44. The SMILES string of the molecule is Brc1ccccc1COCc1occc1CNC1CC1. The lowest BCUT2D eigenvalue weighted by atomic mass is 10.2. The van der Waals surface area contributed by atoms with Gasteiger partial charge in [-0.2, -0.15) is 0 Å². The Bertz CT molecular complexity index is 563. The Kier molecular flexibility index (Phi) is 4.55. The van der Waals surface area contributed by atoms with E-state index in [0.29, 0.717) is 19.3 Å². The molecule has 3 nitrogen and oxygen atoms in total. The molecule has 1 aromatic heterocycles. The Morgan fingerprint density at radius 2 is 2.00 bits per heavy atom. The molecule has 106 valence electrons. The zero-order valence-corrected chi connectivity index (χ0v) is 12.9. The second-order valence-electron chi connectivity index (χ2n) is 5.11. The van der Waals surface area contributed by atoms with Crippen LogP contribution >= 0.6 is 15.9 Å². The summed E-state index contributed by atoms with van der Waals surface area (Å²) in [6.07, 6.45) is 4.33. The van der Waals surface area contributed by atoms with Gasteiger partial charge in [-0.25, -0.2) is 0 Å². The van der Waals surface area contributed by atoms with Gasteiger partial charge in [0, 0.05) is 22.6 Å². The van der Waals surface area contributed by atoms with Crippen molar-refractivity contribution in [2.45, 2.75) is 38.6 Å². The molecule has 4 heteroatoms. The van der Waals surface area contributed by atoms with Crippen LogP contribution in [0.4, 0.5) is 0 Å². The van der Waals surface area contributed by atoms with E-state index in [1.807, 2.05) is 24.3 Å². The highest BCUT2D eigenvalue weighted by molar-refractivity contribution is 9.10. The van der Waals surface area contributed by atoms with Crippen molar-refractivity contribution in [2.75, 3.05) is 0 Å². The summed E-state index contributed by atoms with van der Waals surface area (Å²) in [5, 5.41) is 3.49. The van der Waals surface area contributed by atoms with Gasteiger partial charge in [-0.3, -0.25) is 0 Å². The van der Waals surface area contributed by atoms with Crippen LogP contribution in [-0.2, 0) is 24.5 Å². The van der Waals surface area contributed by atoms with Gasteiger partial charge in [-0.1, -0.05) is 34.1 Å². The molecule has 1 saturated carbocycles. The van der Waals surface area contributed by atoms with Gasteiger partial charge in [0.1, 0.15) is 12.4 Å². The minimum absolute atomic E-state index is 0.510. The molecule has 0 spiro atoms. The van der Waals surface area contributed by atoms with Gasteiger partial charge in [0.2, 0.25) is 0 Å². The summed E-state index contributed by atoms with van der Waals surface area (Å²) in [6, 6.07) is 10.8. The van der Waals surface area contributed by atoms with Crippen molar-refractivity contribution in [2.24, 2.45) is 0 Å². The lowest BCUT2D eigenvalue weighted by Crippen LogP contribution is -2.15. The molecule has 0 radical (unpaired) electrons. The minimum Gasteiger partial charge on any atom is -0.467 e. The monoisotopic (exact) mass is 335 g/mol. The van der Waals surface area contributed by atoms with Crippen LogP contribution in [0.25, 0.3) is 0 Å². The fourth-order valence-electron chi connectivity index (χ4n) is 2.06. The summed E-state index contributed by atoms with van der Waals surface area (Å²) in [7, 11) is 0. The molecule has 1 fully saturated rings. The number of hydrogen-bond donors (Lipinski definition) is 1. The standard InChI is InChI=1S/C16H18BrNO2/c17-15-4-2-1-3-13(15)10-19-11-16-12(7-8-20-16)9-18-14-5-6-14/h1-4,7-8,14,18H,5-6,9-11H2. The predicted molar refractivity (Wildman–Crippen MR) is 81.2 cm³/mol. The number of halogens is 1. The Balaban J connectivity index is 1.50. The maximum absolute atomic E-state index is 5.76. The second-order valence-corrected chi connectivity index (χ2v) is 5.96. The zero-order chi connectivity index (χ0) is 13.8. The number of rotatable bonds is 7. The quantitative estimate of drug-likeness (QED) is 0.830. The van der Waals surface area contributed by atoms with Crippen LogP contribution in [0.1, 0.15) is 29.7 Å². The molecule has 1 aromatic carbocycles. The van der Waals surface area contributed by atoms with Crippen LogP contribution in [0, 0.1) is 0 Å². The van der Waals surface area contributed by atoms with Crippen LogP contribution in [0.5, 0.6) is 0 Å². The average Bonchev–Trinajstić information content (AvgIpc) is 3.18. The summed E-state index contributed by atoms with van der Waals surface area (Å²) < 4.78 is 12.3. The van der Waals surface area contributed by atoms with E-state index in [2.05, 4.69) is 27.3 Å². The average molecular weight is 336 g/mol. The molecule has 0 atom stereocenters. The van der Waals surface area contributed by atoms with E-state index in [9.17, 15) is 0 Å². The molecule has 2 aromatic rings. The normalized spacial score (nSPS) is 14.7. The van der Waals surface area contributed by atoms with E-state index >= 15 is 0 Å². The highest BCUT2D eigenvalue weighted by Crippen LogP contribution is 2.21. The summed E-state index contributed by atoms with van der Waals surface area (Å²) in [5.41, 5.74) is 2.35. The fraction of sp³-hybridized carbons (Fsp3) is 0.375. The number of nitrogens with one attached hydrogen (secondary N) is 1. The summed E-state index contributed by atoms with van der Waals surface area (Å²) in [6.45, 7) is 1.96. The molecule has 0 unspecified atom stereocenters. The van der Waals surface area contributed by atoms with Gasteiger partial charge in [0.25, 0.3) is 0 Å². The van der Waals surface area contributed by atoms with Gasteiger partial charge >= 0.3 is 0 Å². The molecule has 20 heavy (non-hydrogen) atoms. The molecule has 0 aliphatic heterocycles. The largest absolute Gasteiger partial charge is 0.467 e. The smallest absolute Gasteiger partial charge is 0.133 e. The summed E-state index contributed by atoms with van der Waals surface area (Å²) >= 11 is 3.52. The van der Waals surface area contributed by atoms with Gasteiger partial charge < -0.3 is 14.5 Å². The van der Waals surface area contributed by atoms with Gasteiger partial charge in [-0.05, 0) is 30.5 Å². The molecule has 0 amide bonds. The molecule has 0 saturated heterocycles.